The highest BCUT2D eigenvalue weighted by Gasteiger charge is 2.24. The Hall–Kier alpha value is -0.860. The first-order chi connectivity index (χ1) is 9.54. The van der Waals surface area contributed by atoms with Gasteiger partial charge in [-0.15, -0.1) is 0 Å². The second kappa shape index (κ2) is 7.24. The number of likely N-dealkylation sites (tertiary alicyclic amines) is 1. The molecule has 0 aromatic heterocycles. The van der Waals surface area contributed by atoms with Crippen LogP contribution in [0.3, 0.4) is 0 Å². The summed E-state index contributed by atoms with van der Waals surface area (Å²) in [4.78, 5) is 2.44. The highest BCUT2D eigenvalue weighted by Crippen LogP contribution is 2.17. The molecule has 3 atom stereocenters. The number of benzene rings is 1. The zero-order valence-corrected chi connectivity index (χ0v) is 13.5. The van der Waals surface area contributed by atoms with E-state index in [0.717, 1.165) is 5.92 Å². The molecule has 1 aromatic rings. The van der Waals surface area contributed by atoms with E-state index in [-0.39, 0.29) is 0 Å². The normalized spacial score (nSPS) is 25.6. The number of aryl methyl sites for hydroxylation is 2. The van der Waals surface area contributed by atoms with Crippen LogP contribution in [-0.4, -0.2) is 37.1 Å². The molecule has 3 unspecified atom stereocenters. The molecule has 1 aliphatic heterocycles. The van der Waals surface area contributed by atoms with E-state index < -0.39 is 0 Å². The zero-order valence-electron chi connectivity index (χ0n) is 13.5. The lowest BCUT2D eigenvalue weighted by atomic mass is 9.93. The van der Waals surface area contributed by atoms with Crippen LogP contribution in [-0.2, 0) is 6.42 Å². The van der Waals surface area contributed by atoms with E-state index in [1.54, 1.807) is 0 Å². The van der Waals surface area contributed by atoms with Crippen molar-refractivity contribution in [1.82, 2.24) is 10.2 Å². The van der Waals surface area contributed by atoms with Crippen LogP contribution in [0.5, 0.6) is 0 Å². The van der Waals surface area contributed by atoms with Crippen LogP contribution in [0.2, 0.25) is 0 Å². The van der Waals surface area contributed by atoms with E-state index in [0.29, 0.717) is 12.1 Å². The Morgan fingerprint density at radius 2 is 2.20 bits per heavy atom. The Balaban J connectivity index is 1.76. The lowest BCUT2D eigenvalue weighted by molar-refractivity contribution is 0.166. The van der Waals surface area contributed by atoms with Crippen molar-refractivity contribution >= 4 is 0 Å². The van der Waals surface area contributed by atoms with Crippen LogP contribution in [0, 0.1) is 12.8 Å². The average Bonchev–Trinajstić information content (AvgIpc) is 2.40. The van der Waals surface area contributed by atoms with E-state index in [9.17, 15) is 0 Å². The molecule has 1 N–H and O–H groups in total. The maximum atomic E-state index is 3.85. The molecule has 0 bridgehead atoms. The fourth-order valence-corrected chi connectivity index (χ4v) is 3.30. The van der Waals surface area contributed by atoms with Gasteiger partial charge in [-0.25, -0.2) is 0 Å². The molecular weight excluding hydrogens is 244 g/mol. The van der Waals surface area contributed by atoms with Crippen molar-refractivity contribution in [2.45, 2.75) is 52.1 Å². The van der Waals surface area contributed by atoms with Crippen LogP contribution < -0.4 is 5.32 Å². The number of nitrogens with zero attached hydrogens (tertiary/aromatic N) is 1. The Morgan fingerprint density at radius 3 is 2.90 bits per heavy atom. The molecule has 0 spiro atoms. The van der Waals surface area contributed by atoms with E-state index >= 15 is 0 Å². The van der Waals surface area contributed by atoms with E-state index in [2.05, 4.69) is 62.3 Å². The molecule has 0 saturated carbocycles. The molecule has 1 heterocycles. The van der Waals surface area contributed by atoms with Crippen molar-refractivity contribution in [3.8, 4) is 0 Å². The quantitative estimate of drug-likeness (QED) is 0.886. The molecule has 1 saturated heterocycles. The van der Waals surface area contributed by atoms with Gasteiger partial charge in [0.05, 0.1) is 0 Å². The van der Waals surface area contributed by atoms with Crippen LogP contribution in [0.15, 0.2) is 24.3 Å². The van der Waals surface area contributed by atoms with Crippen molar-refractivity contribution in [3.05, 3.63) is 35.4 Å². The zero-order chi connectivity index (χ0) is 14.5. The van der Waals surface area contributed by atoms with Crippen molar-refractivity contribution in [2.75, 3.05) is 20.1 Å². The minimum Gasteiger partial charge on any atom is -0.311 e. The van der Waals surface area contributed by atoms with Gasteiger partial charge in [0.2, 0.25) is 0 Å². The number of rotatable bonds is 5. The summed E-state index contributed by atoms with van der Waals surface area (Å²) >= 11 is 0. The van der Waals surface area contributed by atoms with Gasteiger partial charge in [0.25, 0.3) is 0 Å². The third-order valence-electron chi connectivity index (χ3n) is 4.56. The van der Waals surface area contributed by atoms with Crippen LogP contribution in [0.1, 0.15) is 37.8 Å². The summed E-state index contributed by atoms with van der Waals surface area (Å²) in [6, 6.07) is 10.2. The Bertz CT molecular complexity index is 416. The topological polar surface area (TPSA) is 15.3 Å². The summed E-state index contributed by atoms with van der Waals surface area (Å²) in [6.07, 6.45) is 3.69. The third-order valence-corrected chi connectivity index (χ3v) is 4.56. The summed E-state index contributed by atoms with van der Waals surface area (Å²) in [7, 11) is 2.23. The first kappa shape index (κ1) is 15.5. The summed E-state index contributed by atoms with van der Waals surface area (Å²) in [5, 5.41) is 3.85. The molecule has 0 aliphatic carbocycles. The van der Waals surface area contributed by atoms with Crippen LogP contribution in [0.25, 0.3) is 0 Å². The van der Waals surface area contributed by atoms with Gasteiger partial charge >= 0.3 is 0 Å². The molecule has 0 radical (unpaired) electrons. The Morgan fingerprint density at radius 1 is 1.40 bits per heavy atom. The molecule has 2 heteroatoms. The minimum atomic E-state index is 0.603. The molecule has 1 aliphatic rings. The lowest BCUT2D eigenvalue weighted by Gasteiger charge is -2.37. The molecule has 20 heavy (non-hydrogen) atoms. The van der Waals surface area contributed by atoms with Crippen molar-refractivity contribution in [2.24, 2.45) is 5.92 Å². The van der Waals surface area contributed by atoms with Crippen molar-refractivity contribution < 1.29 is 0 Å². The van der Waals surface area contributed by atoms with E-state index in [1.165, 1.54) is 43.5 Å². The Kier molecular flexibility index (Phi) is 5.62. The molecule has 112 valence electrons. The second-order valence-electron chi connectivity index (χ2n) is 6.73. The van der Waals surface area contributed by atoms with Gasteiger partial charge in [-0.05, 0) is 58.2 Å². The van der Waals surface area contributed by atoms with E-state index in [4.69, 9.17) is 0 Å². The molecule has 2 nitrogen and oxygen atoms in total. The third kappa shape index (κ3) is 4.60. The van der Waals surface area contributed by atoms with Crippen LogP contribution >= 0.6 is 0 Å². The fraction of sp³-hybridized carbons (Fsp3) is 0.667. The van der Waals surface area contributed by atoms with Crippen molar-refractivity contribution in [3.63, 3.8) is 0 Å². The van der Waals surface area contributed by atoms with Gasteiger partial charge < -0.3 is 10.2 Å². The predicted molar refractivity (Wildman–Crippen MR) is 87.2 cm³/mol. The fourth-order valence-electron chi connectivity index (χ4n) is 3.30. The maximum absolute atomic E-state index is 3.85. The summed E-state index contributed by atoms with van der Waals surface area (Å²) in [5.74, 6) is 0.759. The summed E-state index contributed by atoms with van der Waals surface area (Å²) < 4.78 is 0. The summed E-state index contributed by atoms with van der Waals surface area (Å²) in [5.41, 5.74) is 2.84. The number of hydrogen-bond donors (Lipinski definition) is 1. The average molecular weight is 274 g/mol. The lowest BCUT2D eigenvalue weighted by Crippen LogP contribution is -2.49. The molecular formula is C18H30N2. The van der Waals surface area contributed by atoms with Gasteiger partial charge in [-0.1, -0.05) is 36.8 Å². The molecule has 1 fully saturated rings. The molecule has 1 aromatic carbocycles. The minimum absolute atomic E-state index is 0.603. The van der Waals surface area contributed by atoms with Gasteiger partial charge in [0, 0.05) is 18.6 Å². The SMILES string of the molecule is Cc1cccc(CCC(C)NC2CCN(C)CC2C)c1. The first-order valence-corrected chi connectivity index (χ1v) is 8.04. The Labute approximate surface area is 124 Å². The smallest absolute Gasteiger partial charge is 0.0119 e. The highest BCUT2D eigenvalue weighted by atomic mass is 15.1. The number of nitrogens with one attached hydrogen (secondary N) is 1. The standard InChI is InChI=1S/C18H30N2/c1-14-6-5-7-17(12-14)9-8-16(3)19-18-10-11-20(4)13-15(18)2/h5-7,12,15-16,18-19H,8-11,13H2,1-4H3. The van der Waals surface area contributed by atoms with Gasteiger partial charge in [0.15, 0.2) is 0 Å². The number of piperidine rings is 1. The number of hydrogen-bond acceptors (Lipinski definition) is 2. The molecule has 0 amide bonds. The van der Waals surface area contributed by atoms with Gasteiger partial charge in [-0.2, -0.15) is 0 Å². The first-order valence-electron chi connectivity index (χ1n) is 8.04. The van der Waals surface area contributed by atoms with Gasteiger partial charge in [-0.3, -0.25) is 0 Å². The van der Waals surface area contributed by atoms with Crippen LogP contribution in [0.4, 0.5) is 0 Å². The van der Waals surface area contributed by atoms with E-state index in [1.807, 2.05) is 0 Å². The molecule has 2 rings (SSSR count). The highest BCUT2D eigenvalue weighted by molar-refractivity contribution is 5.22. The second-order valence-corrected chi connectivity index (χ2v) is 6.73. The maximum Gasteiger partial charge on any atom is 0.0119 e. The van der Waals surface area contributed by atoms with Crippen molar-refractivity contribution in [1.29, 1.82) is 0 Å². The largest absolute Gasteiger partial charge is 0.311 e. The van der Waals surface area contributed by atoms with Gasteiger partial charge in [0.1, 0.15) is 0 Å². The monoisotopic (exact) mass is 274 g/mol. The summed E-state index contributed by atoms with van der Waals surface area (Å²) in [6.45, 7) is 9.34. The predicted octanol–water partition coefficient (Wildman–Crippen LogP) is 3.25.